The molecule has 0 aromatic heterocycles. The van der Waals surface area contributed by atoms with E-state index in [0.29, 0.717) is 6.42 Å². The van der Waals surface area contributed by atoms with Gasteiger partial charge in [0.25, 0.3) is 0 Å². The van der Waals surface area contributed by atoms with E-state index in [-0.39, 0.29) is 35.1 Å². The van der Waals surface area contributed by atoms with Crippen LogP contribution < -0.4 is 11.1 Å². The maximum Gasteiger partial charge on any atom is 0.245 e. The molecule has 2 rings (SSSR count). The molecule has 1 aromatic carbocycles. The van der Waals surface area contributed by atoms with Gasteiger partial charge in [-0.05, 0) is 24.6 Å². The Kier molecular flexibility index (Phi) is 4.16. The molecular formula is C13H16N4O3S. The van der Waals surface area contributed by atoms with Gasteiger partial charge in [-0.15, -0.1) is 0 Å². The van der Waals surface area contributed by atoms with Crippen molar-refractivity contribution in [2.45, 2.75) is 24.3 Å². The maximum atomic E-state index is 12.7. The van der Waals surface area contributed by atoms with Crippen LogP contribution in [0.1, 0.15) is 18.9 Å². The Bertz CT molecular complexity index is 709. The normalized spacial score (nSPS) is 19.8. The number of nitriles is 1. The molecule has 21 heavy (non-hydrogen) atoms. The molecule has 7 nitrogen and oxygen atoms in total. The minimum absolute atomic E-state index is 0.00915. The van der Waals surface area contributed by atoms with Crippen LogP contribution >= 0.6 is 0 Å². The highest BCUT2D eigenvalue weighted by atomic mass is 32.2. The van der Waals surface area contributed by atoms with Gasteiger partial charge in [0.2, 0.25) is 15.9 Å². The lowest BCUT2D eigenvalue weighted by Gasteiger charge is -2.33. The van der Waals surface area contributed by atoms with Gasteiger partial charge < -0.3 is 11.1 Å². The van der Waals surface area contributed by atoms with Crippen molar-refractivity contribution in [3.63, 3.8) is 0 Å². The Morgan fingerprint density at radius 2 is 2.24 bits per heavy atom. The van der Waals surface area contributed by atoms with E-state index in [9.17, 15) is 13.2 Å². The smallest absolute Gasteiger partial charge is 0.245 e. The quantitative estimate of drug-likeness (QED) is 0.765. The molecule has 1 heterocycles. The predicted octanol–water partition coefficient (Wildman–Crippen LogP) is 0.0396. The molecule has 1 fully saturated rings. The molecule has 8 heteroatoms. The average Bonchev–Trinajstić information content (AvgIpc) is 2.46. The topological polar surface area (TPSA) is 116 Å². The first-order valence-electron chi connectivity index (χ1n) is 6.51. The molecule has 1 aromatic rings. The summed E-state index contributed by atoms with van der Waals surface area (Å²) in [6, 6.07) is 5.19. The summed E-state index contributed by atoms with van der Waals surface area (Å²) < 4.78 is 26.6. The maximum absolute atomic E-state index is 12.7. The molecule has 0 bridgehead atoms. The number of benzene rings is 1. The van der Waals surface area contributed by atoms with Gasteiger partial charge >= 0.3 is 0 Å². The number of sulfonamides is 1. The summed E-state index contributed by atoms with van der Waals surface area (Å²) in [6.07, 6.45) is 0.376. The van der Waals surface area contributed by atoms with E-state index in [1.54, 1.807) is 6.92 Å². The van der Waals surface area contributed by atoms with E-state index in [2.05, 4.69) is 5.32 Å². The van der Waals surface area contributed by atoms with E-state index in [1.807, 2.05) is 6.07 Å². The minimum atomic E-state index is -3.87. The number of nitrogens with zero attached hydrogens (tertiary/aromatic N) is 2. The zero-order chi connectivity index (χ0) is 15.6. The summed E-state index contributed by atoms with van der Waals surface area (Å²) in [6.45, 7) is 2.22. The largest absolute Gasteiger partial charge is 0.398 e. The van der Waals surface area contributed by atoms with Crippen molar-refractivity contribution in [3.8, 4) is 6.07 Å². The fraction of sp³-hybridized carbons (Fsp3) is 0.385. The standard InChI is InChI=1S/C13H16N4O3S/c1-2-11-13(18)16-5-6-17(11)21(19,20)12-4-3-9(8-14)7-10(12)15/h3-4,7,11H,2,5-6,15H2,1H3,(H,16,18). The molecule has 0 spiro atoms. The molecule has 112 valence electrons. The van der Waals surface area contributed by atoms with E-state index in [0.717, 1.165) is 0 Å². The third kappa shape index (κ3) is 2.70. The number of amides is 1. The number of hydrogen-bond acceptors (Lipinski definition) is 5. The van der Waals surface area contributed by atoms with E-state index in [1.165, 1.54) is 22.5 Å². The van der Waals surface area contributed by atoms with Gasteiger partial charge in [0, 0.05) is 13.1 Å². The fourth-order valence-corrected chi connectivity index (χ4v) is 4.11. The van der Waals surface area contributed by atoms with Crippen LogP contribution in [0.4, 0.5) is 5.69 Å². The number of piperazine rings is 1. The van der Waals surface area contributed by atoms with Crippen LogP contribution in [0.15, 0.2) is 23.1 Å². The first-order valence-corrected chi connectivity index (χ1v) is 7.95. The molecular weight excluding hydrogens is 292 g/mol. The van der Waals surface area contributed by atoms with Crippen LogP contribution in [0.5, 0.6) is 0 Å². The van der Waals surface area contributed by atoms with Crippen LogP contribution in [0.25, 0.3) is 0 Å². The SMILES string of the molecule is CCC1C(=O)NCCN1S(=O)(=O)c1ccc(C#N)cc1N. The lowest BCUT2D eigenvalue weighted by molar-refractivity contribution is -0.126. The number of carbonyl (C=O) groups excluding carboxylic acids is 1. The molecule has 1 unspecified atom stereocenters. The van der Waals surface area contributed by atoms with Crippen LogP contribution in [-0.2, 0) is 14.8 Å². The van der Waals surface area contributed by atoms with Crippen LogP contribution in [-0.4, -0.2) is 37.8 Å². The zero-order valence-corrected chi connectivity index (χ0v) is 12.4. The van der Waals surface area contributed by atoms with Gasteiger partial charge in [0.15, 0.2) is 0 Å². The minimum Gasteiger partial charge on any atom is -0.398 e. The number of anilines is 1. The molecule has 0 saturated carbocycles. The van der Waals surface area contributed by atoms with Gasteiger partial charge in [-0.2, -0.15) is 9.57 Å². The molecule has 1 amide bonds. The summed E-state index contributed by atoms with van der Waals surface area (Å²) in [4.78, 5) is 11.7. The Morgan fingerprint density at radius 1 is 1.52 bits per heavy atom. The highest BCUT2D eigenvalue weighted by Crippen LogP contribution is 2.26. The number of hydrogen-bond donors (Lipinski definition) is 2. The van der Waals surface area contributed by atoms with Crippen molar-refractivity contribution in [1.29, 1.82) is 5.26 Å². The lowest BCUT2D eigenvalue weighted by atomic mass is 10.2. The van der Waals surface area contributed by atoms with Gasteiger partial charge in [-0.1, -0.05) is 6.92 Å². The summed E-state index contributed by atoms with van der Waals surface area (Å²) in [5.74, 6) is -0.306. The zero-order valence-electron chi connectivity index (χ0n) is 11.5. The van der Waals surface area contributed by atoms with Crippen molar-refractivity contribution in [1.82, 2.24) is 9.62 Å². The summed E-state index contributed by atoms with van der Waals surface area (Å²) in [5.41, 5.74) is 6.05. The number of nitrogens with one attached hydrogen (secondary N) is 1. The van der Waals surface area contributed by atoms with Gasteiger partial charge in [-0.25, -0.2) is 8.42 Å². The number of carbonyl (C=O) groups is 1. The van der Waals surface area contributed by atoms with E-state index >= 15 is 0 Å². The highest BCUT2D eigenvalue weighted by molar-refractivity contribution is 7.89. The van der Waals surface area contributed by atoms with Crippen molar-refractivity contribution in [2.75, 3.05) is 18.8 Å². The highest BCUT2D eigenvalue weighted by Gasteiger charge is 2.38. The third-order valence-electron chi connectivity index (χ3n) is 3.39. The lowest BCUT2D eigenvalue weighted by Crippen LogP contribution is -2.56. The van der Waals surface area contributed by atoms with Crippen LogP contribution in [0, 0.1) is 11.3 Å². The van der Waals surface area contributed by atoms with Crippen molar-refractivity contribution >= 4 is 21.6 Å². The Morgan fingerprint density at radius 3 is 2.81 bits per heavy atom. The van der Waals surface area contributed by atoms with Gasteiger partial charge in [-0.3, -0.25) is 4.79 Å². The molecule has 1 aliphatic heterocycles. The first kappa shape index (κ1) is 15.3. The van der Waals surface area contributed by atoms with Crippen molar-refractivity contribution in [2.24, 2.45) is 0 Å². The van der Waals surface area contributed by atoms with Gasteiger partial charge in [0.1, 0.15) is 10.9 Å². The fourth-order valence-electron chi connectivity index (χ4n) is 2.35. The average molecular weight is 308 g/mol. The first-order chi connectivity index (χ1) is 9.91. The summed E-state index contributed by atoms with van der Waals surface area (Å²) in [5, 5.41) is 11.5. The second-order valence-corrected chi connectivity index (χ2v) is 6.55. The molecule has 1 aliphatic rings. The Balaban J connectivity index is 2.46. The monoisotopic (exact) mass is 308 g/mol. The predicted molar refractivity (Wildman–Crippen MR) is 76.5 cm³/mol. The van der Waals surface area contributed by atoms with Crippen molar-refractivity contribution in [3.05, 3.63) is 23.8 Å². The number of nitrogens with two attached hydrogens (primary N) is 1. The number of nitrogen functional groups attached to an aromatic ring is 1. The second-order valence-electron chi connectivity index (χ2n) is 4.70. The molecule has 3 N–H and O–H groups in total. The Hall–Kier alpha value is -2.11. The van der Waals surface area contributed by atoms with Crippen LogP contribution in [0.2, 0.25) is 0 Å². The number of rotatable bonds is 3. The summed E-state index contributed by atoms with van der Waals surface area (Å²) >= 11 is 0. The van der Waals surface area contributed by atoms with Crippen LogP contribution in [0.3, 0.4) is 0 Å². The molecule has 0 aliphatic carbocycles. The van der Waals surface area contributed by atoms with E-state index < -0.39 is 16.1 Å². The second kappa shape index (κ2) is 5.71. The Labute approximate surface area is 123 Å². The molecule has 1 atom stereocenters. The molecule has 0 radical (unpaired) electrons. The molecule has 1 saturated heterocycles. The third-order valence-corrected chi connectivity index (χ3v) is 5.38. The van der Waals surface area contributed by atoms with Crippen molar-refractivity contribution < 1.29 is 13.2 Å². The van der Waals surface area contributed by atoms with E-state index in [4.69, 9.17) is 11.0 Å². The summed E-state index contributed by atoms with van der Waals surface area (Å²) in [7, 11) is -3.87. The van der Waals surface area contributed by atoms with Gasteiger partial charge in [0.05, 0.1) is 17.3 Å².